The summed E-state index contributed by atoms with van der Waals surface area (Å²) in [5, 5.41) is 47.7. The fourth-order valence-electron chi connectivity index (χ4n) is 4.34. The van der Waals surface area contributed by atoms with E-state index in [0.29, 0.717) is 21.8 Å². The molecule has 1 saturated carbocycles. The van der Waals surface area contributed by atoms with Gasteiger partial charge in [0, 0.05) is 52.3 Å². The summed E-state index contributed by atoms with van der Waals surface area (Å²) in [7, 11) is 3.83. The van der Waals surface area contributed by atoms with Gasteiger partial charge in [0.25, 0.3) is 17.6 Å². The van der Waals surface area contributed by atoms with Crippen LogP contribution in [0, 0.1) is 0 Å². The van der Waals surface area contributed by atoms with Crippen LogP contribution < -0.4 is 26.9 Å². The number of aromatic nitrogens is 1. The minimum Gasteiger partial charge on any atom is -0.504 e. The molecule has 2 aliphatic rings. The Balaban J connectivity index is 1.32. The SMILES string of the molecule is CNc1nc(/C(=N/OC2(C(=O)O)CC2)C(=O)NC2OC(=O)N(C)[C@@H]2S[C@H](C(=O)O)N(C)C(=O)NONC(=O)CCNC(=O)C(=O)c2ccc(O)c(O)c2Cl)cs1. The number of nitrogens with zero attached hydrogens (tertiary/aromatic N) is 4. The monoisotopic (exact) mass is 845 g/mol. The van der Waals surface area contributed by atoms with E-state index in [1.807, 2.05) is 5.48 Å². The molecule has 56 heavy (non-hydrogen) atoms. The lowest BCUT2D eigenvalue weighted by Crippen LogP contribution is -2.51. The van der Waals surface area contributed by atoms with Crippen molar-refractivity contribution in [1.82, 2.24) is 36.4 Å². The normalized spacial score (nSPS) is 17.5. The summed E-state index contributed by atoms with van der Waals surface area (Å²) in [4.78, 5) is 115. The Hall–Kier alpha value is -6.12. The third-order valence-electron chi connectivity index (χ3n) is 7.65. The molecule has 6 amide bonds. The van der Waals surface area contributed by atoms with E-state index < -0.39 is 111 Å². The number of aliphatic carboxylic acids is 2. The van der Waals surface area contributed by atoms with Crippen molar-refractivity contribution < 1.29 is 73.3 Å². The number of aromatic hydroxyl groups is 2. The summed E-state index contributed by atoms with van der Waals surface area (Å²) in [6.07, 6.45) is -2.76. The number of carbonyl (C=O) groups excluding carboxylic acids is 6. The largest absolute Gasteiger partial charge is 0.504 e. The second-order valence-electron chi connectivity index (χ2n) is 11.5. The number of hydrogen-bond donors (Lipinski definition) is 9. The van der Waals surface area contributed by atoms with E-state index in [4.69, 9.17) is 21.2 Å². The molecule has 2 aromatic rings. The maximum absolute atomic E-state index is 13.5. The first-order valence-electron chi connectivity index (χ1n) is 15.7. The number of thiazole rings is 1. The first-order valence-corrected chi connectivity index (χ1v) is 17.9. The van der Waals surface area contributed by atoms with Crippen molar-refractivity contribution in [2.75, 3.05) is 33.0 Å². The van der Waals surface area contributed by atoms with Gasteiger partial charge in [-0.05, 0) is 12.1 Å². The van der Waals surface area contributed by atoms with E-state index in [1.165, 1.54) is 12.4 Å². The highest BCUT2D eigenvalue weighted by atomic mass is 35.5. The number of anilines is 1. The van der Waals surface area contributed by atoms with Crippen LogP contribution in [0.2, 0.25) is 5.02 Å². The fraction of sp³-hybridized carbons (Fsp3) is 0.379. The number of urea groups is 1. The Kier molecular flexibility index (Phi) is 13.7. The molecule has 0 radical (unpaired) electrons. The van der Waals surface area contributed by atoms with Gasteiger partial charge in [0.15, 0.2) is 27.7 Å². The van der Waals surface area contributed by atoms with Crippen LogP contribution in [0.5, 0.6) is 11.5 Å². The molecule has 1 aromatic heterocycles. The van der Waals surface area contributed by atoms with Gasteiger partial charge >= 0.3 is 24.1 Å². The molecule has 1 unspecified atom stereocenters. The van der Waals surface area contributed by atoms with Gasteiger partial charge in [-0.3, -0.25) is 24.1 Å². The number of oxime groups is 1. The number of benzene rings is 1. The van der Waals surface area contributed by atoms with Crippen molar-refractivity contribution in [3.8, 4) is 11.5 Å². The van der Waals surface area contributed by atoms with Gasteiger partial charge in [-0.25, -0.2) is 29.6 Å². The first-order chi connectivity index (χ1) is 26.4. The number of carboxylic acid groups (broad SMARTS) is 2. The van der Waals surface area contributed by atoms with Crippen molar-refractivity contribution in [3.63, 3.8) is 0 Å². The average Bonchev–Trinajstić information content (AvgIpc) is 3.72. The van der Waals surface area contributed by atoms with Crippen molar-refractivity contribution in [2.24, 2.45) is 5.16 Å². The quantitative estimate of drug-likeness (QED) is 0.0230. The Morgan fingerprint density at radius 1 is 1.16 bits per heavy atom. The number of ketones is 1. The van der Waals surface area contributed by atoms with Crippen molar-refractivity contribution in [2.45, 2.75) is 41.8 Å². The summed E-state index contributed by atoms with van der Waals surface area (Å²) in [5.41, 5.74) is 1.05. The predicted molar refractivity (Wildman–Crippen MR) is 190 cm³/mol. The molecule has 2 heterocycles. The van der Waals surface area contributed by atoms with E-state index in [2.05, 4.69) is 31.0 Å². The Morgan fingerprint density at radius 3 is 2.46 bits per heavy atom. The van der Waals surface area contributed by atoms with Crippen LogP contribution in [0.1, 0.15) is 35.3 Å². The predicted octanol–water partition coefficient (Wildman–Crippen LogP) is -0.425. The molecule has 27 heteroatoms. The molecule has 9 N–H and O–H groups in total. The molecule has 0 bridgehead atoms. The number of phenols is 2. The standard InChI is InChI=1S/C29H32ClN9O15S2/c1-31-26-33-12(10-55-26)16(36-53-29(7-8-29)25(48)49)19(44)34-21-22(39(3)28(51)52-21)56-23(24(46)47)38(2)27(50)37-54-35-14(41)6-9-32-20(45)17(42)11-4-5-13(40)18(43)15(11)30/h4-5,10,21-23,40,43H,6-9H2,1-3H3,(H,31,33)(H,32,45)(H,34,44)(H,35,41)(H,37,50)(H,46,47)(H,48,49)/b36-16-/t21?,22-,23-/m1/s1. The molecule has 4 rings (SSSR count). The Bertz CT molecular complexity index is 1960. The third-order valence-corrected chi connectivity index (χ3v) is 10.5. The fourth-order valence-corrected chi connectivity index (χ4v) is 6.43. The molecule has 3 atom stereocenters. The number of rotatable bonds is 18. The topological polar surface area (TPSA) is 337 Å². The molecular formula is C29H32ClN9O15S2. The highest BCUT2D eigenvalue weighted by Gasteiger charge is 2.55. The van der Waals surface area contributed by atoms with Gasteiger partial charge in [0.1, 0.15) is 11.1 Å². The molecule has 2 fully saturated rings. The van der Waals surface area contributed by atoms with Crippen molar-refractivity contribution in [3.05, 3.63) is 33.8 Å². The number of hydrogen-bond acceptors (Lipinski definition) is 18. The zero-order valence-electron chi connectivity index (χ0n) is 29.1. The number of likely N-dealkylation sites (N-methyl/N-ethyl adjacent to an activating group) is 2. The number of carboxylic acids is 2. The van der Waals surface area contributed by atoms with E-state index in [9.17, 15) is 58.8 Å². The summed E-state index contributed by atoms with van der Waals surface area (Å²) >= 11 is 7.35. The molecule has 24 nitrogen and oxygen atoms in total. The first kappa shape index (κ1) is 42.6. The number of carbonyl (C=O) groups is 8. The van der Waals surface area contributed by atoms with Gasteiger partial charge < -0.3 is 50.9 Å². The van der Waals surface area contributed by atoms with Crippen molar-refractivity contribution in [1.29, 1.82) is 0 Å². The number of cyclic esters (lactones) is 1. The highest BCUT2D eigenvalue weighted by molar-refractivity contribution is 8.01. The number of nitrogens with one attached hydrogen (secondary N) is 5. The van der Waals surface area contributed by atoms with Crippen LogP contribution in [0.4, 0.5) is 14.7 Å². The minimum atomic E-state index is -1.79. The molecule has 1 aliphatic carbocycles. The summed E-state index contributed by atoms with van der Waals surface area (Å²) in [6.45, 7) is -0.412. The molecule has 1 saturated heterocycles. The van der Waals surface area contributed by atoms with E-state index in [-0.39, 0.29) is 18.5 Å². The second-order valence-corrected chi connectivity index (χ2v) is 13.9. The van der Waals surface area contributed by atoms with Crippen molar-refractivity contribution >= 4 is 93.1 Å². The summed E-state index contributed by atoms with van der Waals surface area (Å²) < 4.78 is 5.23. The third kappa shape index (κ3) is 9.94. The number of thioether (sulfide) groups is 1. The molecule has 0 spiro atoms. The van der Waals surface area contributed by atoms with Crippen LogP contribution in [0.15, 0.2) is 22.7 Å². The number of Topliss-reactive ketones (excluding diaryl/α,β-unsaturated/α-hetero) is 1. The maximum atomic E-state index is 13.5. The van der Waals surface area contributed by atoms with Crippen LogP contribution in [0.3, 0.4) is 0 Å². The Labute approximate surface area is 327 Å². The van der Waals surface area contributed by atoms with Crippen LogP contribution in [-0.4, -0.2) is 139 Å². The van der Waals surface area contributed by atoms with Gasteiger partial charge in [0.2, 0.25) is 17.7 Å². The number of amides is 6. The van der Waals surface area contributed by atoms with Crippen LogP contribution >= 0.6 is 34.7 Å². The summed E-state index contributed by atoms with van der Waals surface area (Å²) in [6, 6.07) is 0.735. The Morgan fingerprint density at radius 2 is 1.86 bits per heavy atom. The van der Waals surface area contributed by atoms with E-state index in [1.54, 1.807) is 12.5 Å². The number of ether oxygens (including phenoxy) is 1. The molecule has 1 aromatic carbocycles. The van der Waals surface area contributed by atoms with Gasteiger partial charge in [0.05, 0.1) is 10.6 Å². The zero-order valence-corrected chi connectivity index (χ0v) is 31.4. The average molecular weight is 846 g/mol. The maximum Gasteiger partial charge on any atom is 0.412 e. The van der Waals surface area contributed by atoms with Gasteiger partial charge in [-0.15, -0.1) is 11.3 Å². The lowest BCUT2D eigenvalue weighted by atomic mass is 10.1. The van der Waals surface area contributed by atoms with Gasteiger partial charge in [-0.2, -0.15) is 10.4 Å². The molecule has 302 valence electrons. The second kappa shape index (κ2) is 18.0. The number of phenolic OH excluding ortho intramolecular Hbond substituents is 2. The van der Waals surface area contributed by atoms with E-state index >= 15 is 0 Å². The van der Waals surface area contributed by atoms with E-state index in [0.717, 1.165) is 35.4 Å². The minimum absolute atomic E-state index is 0.0236. The molecular weight excluding hydrogens is 814 g/mol. The zero-order chi connectivity index (χ0) is 41.5. The lowest BCUT2D eigenvalue weighted by Gasteiger charge is -2.29. The van der Waals surface area contributed by atoms with Crippen LogP contribution in [0.25, 0.3) is 0 Å². The number of hydroxylamine groups is 2. The highest BCUT2D eigenvalue weighted by Crippen LogP contribution is 2.40. The lowest BCUT2D eigenvalue weighted by molar-refractivity contribution is -0.153. The number of halogens is 1. The molecule has 1 aliphatic heterocycles. The smallest absolute Gasteiger partial charge is 0.412 e. The van der Waals surface area contributed by atoms with Crippen LogP contribution in [-0.2, 0) is 38.5 Å². The van der Waals surface area contributed by atoms with Gasteiger partial charge in [-0.1, -0.05) is 28.5 Å². The summed E-state index contributed by atoms with van der Waals surface area (Å²) in [5.74, 6) is -8.65.